The molecule has 0 atom stereocenters. The van der Waals surface area contributed by atoms with Crippen LogP contribution in [-0.2, 0) is 19.2 Å². The number of aromatic nitrogens is 6. The lowest BCUT2D eigenvalue weighted by molar-refractivity contribution is -0.384. The Morgan fingerprint density at radius 1 is 0.638 bits per heavy atom. The van der Waals surface area contributed by atoms with E-state index in [9.17, 15) is 51.2 Å². The topological polar surface area (TPSA) is 231 Å². The van der Waals surface area contributed by atoms with Crippen LogP contribution in [0.2, 0.25) is 0 Å². The lowest BCUT2D eigenvalue weighted by Crippen LogP contribution is -2.28. The van der Waals surface area contributed by atoms with E-state index in [-0.39, 0.29) is 48.3 Å². The summed E-state index contributed by atoms with van der Waals surface area (Å²) in [4.78, 5) is 69.6. The largest absolute Gasteiger partial charge is 0.497 e. The smallest absolute Gasteiger partial charge is 0.314 e. The number of hydrogen-bond donors (Lipinski definition) is 0. The number of carbonyl (C=O) groups excluding carboxylic acids is 3. The number of para-hydroxylation sites is 1. The zero-order valence-electron chi connectivity index (χ0n) is 37.7. The van der Waals surface area contributed by atoms with Crippen LogP contribution in [-0.4, -0.2) is 93.6 Å². The minimum atomic E-state index is -2.20. The zero-order chi connectivity index (χ0) is 51.2. The summed E-state index contributed by atoms with van der Waals surface area (Å²) in [7, 11) is 6.70. The van der Waals surface area contributed by atoms with Crippen molar-refractivity contribution in [2.75, 3.05) is 35.5 Å². The van der Waals surface area contributed by atoms with Gasteiger partial charge in [-0.2, -0.15) is 13.8 Å². The molecule has 0 spiro atoms. The number of aryl methyl sites for hydroxylation is 1. The molecule has 2 aromatic heterocycles. The summed E-state index contributed by atoms with van der Waals surface area (Å²) in [6.07, 6.45) is 0.844. The second-order valence-corrected chi connectivity index (χ2v) is 13.1. The molecule has 2 amide bonds. The van der Waals surface area contributed by atoms with E-state index in [1.54, 1.807) is 45.4 Å². The summed E-state index contributed by atoms with van der Waals surface area (Å²) in [5, 5.41) is 26.6. The zero-order valence-corrected chi connectivity index (χ0v) is 37.7. The van der Waals surface area contributed by atoms with Crippen LogP contribution in [0.15, 0.2) is 102 Å². The van der Waals surface area contributed by atoms with E-state index in [0.29, 0.717) is 16.7 Å². The van der Waals surface area contributed by atoms with E-state index < -0.39 is 39.8 Å². The standard InChI is InChI=1S/C9H9NO4.C8H7N3O2.C8H10O.C7H3F5O.C7H7N3O.C5H7NO3/c1-2-9(11)14-8-5-3-7(4-6-8)10(12)13;1-13-11-8(12)6-4-2-3-5-7(6)9-10-11;1-7-3-5-8(9-2)6-4-7;1-13-7-5(11)3(9)2(8)4(10)6(7)12;1-11-10-7-5-3-2-4-6(7)8-9-10;1-9-6-4(7)2-3-5(6)8/h3-6H,2H2,1H3;2-5H,1H3;3-6H,1-2H3;1H3;2-5H,1H3;2-3H2,1H3. The summed E-state index contributed by atoms with van der Waals surface area (Å²) < 4.78 is 76.0. The second-order valence-electron chi connectivity index (χ2n) is 13.1. The van der Waals surface area contributed by atoms with Gasteiger partial charge in [-0.15, -0.1) is 10.2 Å². The molecule has 0 radical (unpaired) electrons. The number of amides is 2. The van der Waals surface area contributed by atoms with Crippen LogP contribution in [0.5, 0.6) is 17.2 Å². The Balaban J connectivity index is 0.000000221. The molecule has 69 heavy (non-hydrogen) atoms. The minimum Gasteiger partial charge on any atom is -0.497 e. The number of methoxy groups -OCH3 is 2. The number of nitro benzene ring substituents is 1. The number of benzene rings is 5. The summed E-state index contributed by atoms with van der Waals surface area (Å²) in [6.45, 7) is 3.73. The van der Waals surface area contributed by atoms with Gasteiger partial charge in [-0.25, -0.2) is 13.2 Å². The number of nitrogens with zero attached hydrogens (tertiary/aromatic N) is 8. The third-order valence-corrected chi connectivity index (χ3v) is 8.60. The Kier molecular flexibility index (Phi) is 21.5. The van der Waals surface area contributed by atoms with E-state index in [4.69, 9.17) is 14.3 Å². The van der Waals surface area contributed by atoms with Gasteiger partial charge in [0.05, 0.1) is 31.6 Å². The van der Waals surface area contributed by atoms with Crippen LogP contribution >= 0.6 is 0 Å². The molecule has 1 aliphatic rings. The predicted molar refractivity (Wildman–Crippen MR) is 234 cm³/mol. The molecule has 0 unspecified atom stereocenters. The van der Waals surface area contributed by atoms with Crippen molar-refractivity contribution < 1.29 is 70.0 Å². The van der Waals surface area contributed by atoms with Crippen molar-refractivity contribution in [1.29, 1.82) is 0 Å². The van der Waals surface area contributed by atoms with Gasteiger partial charge in [0, 0.05) is 31.4 Å². The quantitative estimate of drug-likeness (QED) is 0.0236. The number of non-ortho nitro benzene ring substituents is 1. The Bertz CT molecular complexity index is 2840. The molecule has 1 fully saturated rings. The van der Waals surface area contributed by atoms with Gasteiger partial charge in [0.15, 0.2) is 5.75 Å². The third-order valence-electron chi connectivity index (χ3n) is 8.60. The fraction of sp³-hybridized carbons (Fsp3) is 0.227. The van der Waals surface area contributed by atoms with Gasteiger partial charge in [0.2, 0.25) is 29.1 Å². The Morgan fingerprint density at radius 2 is 1.13 bits per heavy atom. The van der Waals surface area contributed by atoms with E-state index in [2.05, 4.69) is 42.0 Å². The van der Waals surface area contributed by atoms with Crippen molar-refractivity contribution in [3.05, 3.63) is 152 Å². The molecule has 7 aromatic rings. The molecule has 0 N–H and O–H groups in total. The lowest BCUT2D eigenvalue weighted by atomic mass is 10.2. The molecule has 3 heterocycles. The number of imide groups is 1. The first-order chi connectivity index (χ1) is 33.0. The Labute approximate surface area is 388 Å². The first-order valence-electron chi connectivity index (χ1n) is 19.7. The summed E-state index contributed by atoms with van der Waals surface area (Å²) in [5.74, 6) is -11.1. The van der Waals surface area contributed by atoms with Crippen LogP contribution in [0.4, 0.5) is 27.6 Å². The van der Waals surface area contributed by atoms with Crippen molar-refractivity contribution >= 4 is 45.4 Å². The number of esters is 1. The van der Waals surface area contributed by atoms with Gasteiger partial charge in [0.25, 0.3) is 17.5 Å². The van der Waals surface area contributed by atoms with Gasteiger partial charge < -0.3 is 23.9 Å². The maximum atomic E-state index is 12.6. The highest BCUT2D eigenvalue weighted by Crippen LogP contribution is 2.28. The first kappa shape index (κ1) is 54.7. The van der Waals surface area contributed by atoms with Crippen LogP contribution in [0.25, 0.3) is 21.9 Å². The highest BCUT2D eigenvalue weighted by Gasteiger charge is 2.29. The van der Waals surface area contributed by atoms with E-state index in [1.165, 1.54) is 48.9 Å². The minimum absolute atomic E-state index is 0.0266. The number of nitro groups is 1. The summed E-state index contributed by atoms with van der Waals surface area (Å²) in [5.41, 5.74) is 3.23. The van der Waals surface area contributed by atoms with Crippen molar-refractivity contribution in [2.24, 2.45) is 0 Å². The molecule has 1 saturated heterocycles. The van der Waals surface area contributed by atoms with Crippen molar-refractivity contribution in [3.8, 4) is 17.2 Å². The van der Waals surface area contributed by atoms with Crippen LogP contribution in [0.1, 0.15) is 31.7 Å². The third kappa shape index (κ3) is 15.5. The number of hydroxylamine groups is 2. The number of hydrogen-bond acceptors (Lipinski definition) is 16. The predicted octanol–water partition coefficient (Wildman–Crippen LogP) is 6.34. The monoisotopic (exact) mass is 970 g/mol. The molecular weight excluding hydrogens is 928 g/mol. The van der Waals surface area contributed by atoms with Crippen LogP contribution in [0, 0.1) is 46.1 Å². The fourth-order valence-electron chi connectivity index (χ4n) is 5.11. The molecule has 1 aliphatic heterocycles. The molecule has 0 aliphatic carbocycles. The molecule has 0 saturated carbocycles. The van der Waals surface area contributed by atoms with Gasteiger partial charge >= 0.3 is 11.5 Å². The molecule has 20 nitrogen and oxygen atoms in total. The maximum absolute atomic E-state index is 12.6. The average Bonchev–Trinajstić information content (AvgIpc) is 3.95. The maximum Gasteiger partial charge on any atom is 0.314 e. The van der Waals surface area contributed by atoms with Gasteiger partial charge in [-0.1, -0.05) is 53.7 Å². The lowest BCUT2D eigenvalue weighted by Gasteiger charge is -2.07. The average molecular weight is 971 g/mol. The van der Waals surface area contributed by atoms with Crippen LogP contribution < -0.4 is 29.4 Å². The van der Waals surface area contributed by atoms with Crippen molar-refractivity contribution in [1.82, 2.24) is 35.4 Å². The molecule has 8 rings (SSSR count). The van der Waals surface area contributed by atoms with Gasteiger partial charge in [-0.05, 0) is 70.7 Å². The number of halogens is 5. The molecular formula is C44H43F5N8O12. The van der Waals surface area contributed by atoms with E-state index >= 15 is 0 Å². The molecule has 366 valence electrons. The SMILES string of the molecule is CCC(=O)Oc1ccc([N+](=O)[O-])cc1.CON1C(=O)CCC1=O.COc1c(F)c(F)c(F)c(F)c1F.COc1ccc(C)cc1.COn1nnc2ccccc21.COn1nnc2ccccc2c1=O. The summed E-state index contributed by atoms with van der Waals surface area (Å²) in [6, 6.07) is 27.9. The normalized spacial score (nSPS) is 11.2. The second kappa shape index (κ2) is 27.1. The Hall–Kier alpha value is -8.61. The number of fused-ring (bicyclic) bond motifs is 2. The number of ether oxygens (including phenoxy) is 3. The van der Waals surface area contributed by atoms with Crippen molar-refractivity contribution in [3.63, 3.8) is 0 Å². The first-order valence-corrected chi connectivity index (χ1v) is 19.7. The Morgan fingerprint density at radius 3 is 1.62 bits per heavy atom. The summed E-state index contributed by atoms with van der Waals surface area (Å²) >= 11 is 0. The molecule has 0 bridgehead atoms. The number of carbonyl (C=O) groups is 3. The van der Waals surface area contributed by atoms with E-state index in [0.717, 1.165) is 33.8 Å². The highest BCUT2D eigenvalue weighted by molar-refractivity contribution is 6.00. The van der Waals surface area contributed by atoms with E-state index in [1.807, 2.05) is 48.5 Å². The number of rotatable bonds is 8. The van der Waals surface area contributed by atoms with Gasteiger partial charge in [-0.3, -0.25) is 34.1 Å². The highest BCUT2D eigenvalue weighted by atomic mass is 19.2. The van der Waals surface area contributed by atoms with Crippen molar-refractivity contribution in [2.45, 2.75) is 33.1 Å². The van der Waals surface area contributed by atoms with Crippen LogP contribution in [0.3, 0.4) is 0 Å². The molecule has 25 heteroatoms. The van der Waals surface area contributed by atoms with Gasteiger partial charge in [0.1, 0.15) is 42.3 Å². The molecule has 5 aromatic carbocycles. The fourth-order valence-corrected chi connectivity index (χ4v) is 5.11.